The fourth-order valence-corrected chi connectivity index (χ4v) is 2.36. The Morgan fingerprint density at radius 1 is 1.26 bits per heavy atom. The summed E-state index contributed by atoms with van der Waals surface area (Å²) in [6.07, 6.45) is 1.42. The molecule has 0 saturated heterocycles. The molecule has 1 aromatic carbocycles. The maximum atomic E-state index is 12.7. The molecule has 0 aliphatic carbocycles. The van der Waals surface area contributed by atoms with Gasteiger partial charge >= 0.3 is 0 Å². The molecule has 0 N–H and O–H groups in total. The van der Waals surface area contributed by atoms with Crippen LogP contribution in [0.2, 0.25) is 0 Å². The minimum absolute atomic E-state index is 0.0194. The second-order valence-electron chi connectivity index (χ2n) is 5.38. The number of Topliss-reactive ketones (excluding diaryl/α,β-unsaturated/α-hetero) is 1. The Morgan fingerprint density at radius 3 is 2.39 bits per heavy atom. The molecule has 1 heterocycles. The van der Waals surface area contributed by atoms with Gasteiger partial charge in [-0.2, -0.15) is 5.26 Å². The molecule has 2 aromatic rings. The summed E-state index contributed by atoms with van der Waals surface area (Å²) in [4.78, 5) is 26.9. The number of rotatable bonds is 4. The molecule has 118 valence electrons. The first-order valence-corrected chi connectivity index (χ1v) is 7.05. The Labute approximate surface area is 134 Å². The highest BCUT2D eigenvalue weighted by atomic mass is 16.2. The van der Waals surface area contributed by atoms with Crippen molar-refractivity contribution in [2.24, 2.45) is 7.05 Å². The molecule has 1 aromatic heterocycles. The van der Waals surface area contributed by atoms with Gasteiger partial charge in [0.05, 0.1) is 5.69 Å². The summed E-state index contributed by atoms with van der Waals surface area (Å²) in [7, 11) is 5.14. The van der Waals surface area contributed by atoms with Gasteiger partial charge in [-0.15, -0.1) is 0 Å². The average molecular weight is 310 g/mol. The van der Waals surface area contributed by atoms with Crippen LogP contribution >= 0.6 is 0 Å². The van der Waals surface area contributed by atoms with Crippen LogP contribution in [0.4, 0.5) is 0 Å². The number of ketones is 1. The van der Waals surface area contributed by atoms with Crippen molar-refractivity contribution in [2.75, 3.05) is 14.1 Å². The van der Waals surface area contributed by atoms with E-state index in [1.165, 1.54) is 10.9 Å². The first-order chi connectivity index (χ1) is 10.9. The minimum Gasteiger partial charge on any atom is -0.382 e. The fourth-order valence-electron chi connectivity index (χ4n) is 2.36. The summed E-state index contributed by atoms with van der Waals surface area (Å²) in [5.41, 5.74) is 0.703. The maximum Gasteiger partial charge on any atom is 0.282 e. The molecule has 0 amide bonds. The molecule has 0 radical (unpaired) electrons. The highest BCUT2D eigenvalue weighted by Crippen LogP contribution is 2.13. The molecule has 0 unspecified atom stereocenters. The van der Waals surface area contributed by atoms with Gasteiger partial charge in [-0.25, -0.2) is 4.68 Å². The van der Waals surface area contributed by atoms with E-state index < -0.39 is 11.3 Å². The van der Waals surface area contributed by atoms with Crippen molar-refractivity contribution >= 4 is 5.78 Å². The van der Waals surface area contributed by atoms with Crippen LogP contribution in [-0.4, -0.2) is 34.1 Å². The molecule has 0 saturated carbocycles. The standard InChI is InChI=1S/C17H18N4O2/c1-12-15(16(22)13(10-18)11-19(2)3)17(23)21(20(12)4)14-8-6-5-7-9-14/h5-9,11H,1-4H3/b13-11+. The number of benzene rings is 1. The molecule has 0 spiro atoms. The van der Waals surface area contributed by atoms with Crippen molar-refractivity contribution in [1.82, 2.24) is 14.3 Å². The third-order valence-corrected chi connectivity index (χ3v) is 3.53. The zero-order valence-electron chi connectivity index (χ0n) is 13.6. The normalized spacial score (nSPS) is 11.2. The number of carbonyl (C=O) groups is 1. The number of hydrogen-bond acceptors (Lipinski definition) is 4. The van der Waals surface area contributed by atoms with Crippen molar-refractivity contribution < 1.29 is 4.79 Å². The maximum absolute atomic E-state index is 12.7. The van der Waals surface area contributed by atoms with E-state index in [0.717, 1.165) is 0 Å². The lowest BCUT2D eigenvalue weighted by molar-refractivity contribution is 0.103. The van der Waals surface area contributed by atoms with Gasteiger partial charge in [-0.05, 0) is 19.1 Å². The molecule has 6 heteroatoms. The highest BCUT2D eigenvalue weighted by molar-refractivity contribution is 6.11. The van der Waals surface area contributed by atoms with E-state index >= 15 is 0 Å². The number of nitrogens with zero attached hydrogens (tertiary/aromatic N) is 4. The van der Waals surface area contributed by atoms with Gasteiger partial charge < -0.3 is 4.90 Å². The average Bonchev–Trinajstić information content (AvgIpc) is 2.75. The van der Waals surface area contributed by atoms with E-state index in [9.17, 15) is 14.9 Å². The highest BCUT2D eigenvalue weighted by Gasteiger charge is 2.24. The van der Waals surface area contributed by atoms with Crippen molar-refractivity contribution in [3.05, 3.63) is 63.7 Å². The summed E-state index contributed by atoms with van der Waals surface area (Å²) >= 11 is 0. The predicted octanol–water partition coefficient (Wildman–Crippen LogP) is 1.64. The van der Waals surface area contributed by atoms with E-state index in [1.54, 1.807) is 49.8 Å². The number of hydrogen-bond donors (Lipinski definition) is 0. The monoisotopic (exact) mass is 310 g/mol. The van der Waals surface area contributed by atoms with Gasteiger partial charge in [0.1, 0.15) is 17.2 Å². The molecule has 0 aliphatic heterocycles. The fraction of sp³-hybridized carbons (Fsp3) is 0.235. The second kappa shape index (κ2) is 6.36. The lowest BCUT2D eigenvalue weighted by Gasteiger charge is -2.07. The Hall–Kier alpha value is -3.07. The molecule has 0 atom stereocenters. The van der Waals surface area contributed by atoms with Gasteiger partial charge in [0.15, 0.2) is 0 Å². The number of allylic oxidation sites excluding steroid dienone is 1. The molecule has 2 rings (SSSR count). The van der Waals surface area contributed by atoms with Gasteiger partial charge in [0.2, 0.25) is 5.78 Å². The van der Waals surface area contributed by atoms with Crippen LogP contribution in [0.1, 0.15) is 16.1 Å². The number of carbonyl (C=O) groups excluding carboxylic acids is 1. The van der Waals surface area contributed by atoms with Crippen LogP contribution in [0, 0.1) is 18.3 Å². The first kappa shape index (κ1) is 16.3. The van der Waals surface area contributed by atoms with Gasteiger partial charge in [-0.3, -0.25) is 14.3 Å². The molecular weight excluding hydrogens is 292 g/mol. The van der Waals surface area contributed by atoms with E-state index in [4.69, 9.17) is 0 Å². The Bertz CT molecular complexity index is 864. The van der Waals surface area contributed by atoms with Crippen LogP contribution in [0.3, 0.4) is 0 Å². The van der Waals surface area contributed by atoms with E-state index in [2.05, 4.69) is 0 Å². The third kappa shape index (κ3) is 2.94. The Kier molecular flexibility index (Phi) is 4.51. The molecule has 0 bridgehead atoms. The summed E-state index contributed by atoms with van der Waals surface area (Å²) in [6, 6.07) is 10.9. The van der Waals surface area contributed by atoms with E-state index in [1.807, 2.05) is 24.3 Å². The molecular formula is C17H18N4O2. The van der Waals surface area contributed by atoms with Crippen LogP contribution in [0.5, 0.6) is 0 Å². The van der Waals surface area contributed by atoms with Gasteiger partial charge in [0, 0.05) is 33.0 Å². The number of para-hydroxylation sites is 1. The predicted molar refractivity (Wildman–Crippen MR) is 87.5 cm³/mol. The smallest absolute Gasteiger partial charge is 0.282 e. The van der Waals surface area contributed by atoms with E-state index in [-0.39, 0.29) is 11.1 Å². The third-order valence-electron chi connectivity index (χ3n) is 3.53. The Balaban J connectivity index is 2.66. The molecule has 0 aliphatic rings. The zero-order valence-corrected chi connectivity index (χ0v) is 13.6. The largest absolute Gasteiger partial charge is 0.382 e. The zero-order chi connectivity index (χ0) is 17.1. The number of nitriles is 1. The molecule has 23 heavy (non-hydrogen) atoms. The lowest BCUT2D eigenvalue weighted by Crippen LogP contribution is -2.23. The van der Waals surface area contributed by atoms with Crippen LogP contribution in [0.25, 0.3) is 5.69 Å². The number of aromatic nitrogens is 2. The lowest BCUT2D eigenvalue weighted by atomic mass is 10.1. The summed E-state index contributed by atoms with van der Waals surface area (Å²) < 4.78 is 3.04. The summed E-state index contributed by atoms with van der Waals surface area (Å²) in [5, 5.41) is 9.20. The quantitative estimate of drug-likeness (QED) is 0.489. The molecule has 6 nitrogen and oxygen atoms in total. The van der Waals surface area contributed by atoms with Crippen LogP contribution < -0.4 is 5.56 Å². The second-order valence-corrected chi connectivity index (χ2v) is 5.38. The SMILES string of the molecule is Cc1c(C(=O)/C(C#N)=C/N(C)C)c(=O)n(-c2ccccc2)n1C. The minimum atomic E-state index is -0.561. The van der Waals surface area contributed by atoms with Crippen molar-refractivity contribution in [3.8, 4) is 11.8 Å². The molecule has 0 fully saturated rings. The van der Waals surface area contributed by atoms with Gasteiger partial charge in [0.25, 0.3) is 5.56 Å². The van der Waals surface area contributed by atoms with Crippen molar-refractivity contribution in [2.45, 2.75) is 6.92 Å². The van der Waals surface area contributed by atoms with Crippen LogP contribution in [0.15, 0.2) is 46.9 Å². The first-order valence-electron chi connectivity index (χ1n) is 7.05. The van der Waals surface area contributed by atoms with E-state index in [0.29, 0.717) is 11.4 Å². The van der Waals surface area contributed by atoms with Crippen molar-refractivity contribution in [1.29, 1.82) is 5.26 Å². The van der Waals surface area contributed by atoms with Gasteiger partial charge in [-0.1, -0.05) is 18.2 Å². The summed E-state index contributed by atoms with van der Waals surface area (Å²) in [6.45, 7) is 1.69. The van der Waals surface area contributed by atoms with Crippen molar-refractivity contribution in [3.63, 3.8) is 0 Å². The Morgan fingerprint density at radius 2 is 1.87 bits per heavy atom. The summed E-state index contributed by atoms with van der Waals surface area (Å²) in [5.74, 6) is -0.561. The topological polar surface area (TPSA) is 71.0 Å². The van der Waals surface area contributed by atoms with Crippen LogP contribution in [-0.2, 0) is 7.05 Å².